The largest absolute Gasteiger partial charge is 0.469 e. The molecule has 2 aliphatic rings. The molecule has 0 aromatic heterocycles. The first-order chi connectivity index (χ1) is 10.5. The molecule has 3 atom stereocenters. The molecule has 1 aliphatic carbocycles. The summed E-state index contributed by atoms with van der Waals surface area (Å²) in [5.74, 6) is -0.344. The van der Waals surface area contributed by atoms with Gasteiger partial charge in [-0.2, -0.15) is 0 Å². The van der Waals surface area contributed by atoms with Gasteiger partial charge in [0.15, 0.2) is 9.84 Å². The van der Waals surface area contributed by atoms with Crippen molar-refractivity contribution < 1.29 is 22.7 Å². The van der Waals surface area contributed by atoms with Crippen LogP contribution in [0.25, 0.3) is 0 Å². The van der Waals surface area contributed by atoms with Crippen molar-refractivity contribution in [1.29, 1.82) is 0 Å². The van der Waals surface area contributed by atoms with Crippen molar-refractivity contribution in [3.8, 4) is 0 Å². The van der Waals surface area contributed by atoms with Crippen molar-refractivity contribution in [1.82, 2.24) is 0 Å². The zero-order valence-corrected chi connectivity index (χ0v) is 13.3. The van der Waals surface area contributed by atoms with Gasteiger partial charge >= 0.3 is 5.97 Å². The fourth-order valence-electron chi connectivity index (χ4n) is 3.73. The van der Waals surface area contributed by atoms with Crippen molar-refractivity contribution in [3.63, 3.8) is 0 Å². The molecule has 0 unspecified atom stereocenters. The number of carbonyl (C=O) groups excluding carboxylic acids is 1. The minimum absolute atomic E-state index is 0.140. The predicted molar refractivity (Wildman–Crippen MR) is 80.1 cm³/mol. The van der Waals surface area contributed by atoms with Crippen molar-refractivity contribution in [2.75, 3.05) is 13.7 Å². The molecule has 3 rings (SSSR count). The summed E-state index contributed by atoms with van der Waals surface area (Å²) in [5.41, 5.74) is -0.806. The Hall–Kier alpha value is -1.40. The van der Waals surface area contributed by atoms with Gasteiger partial charge in [0.05, 0.1) is 35.4 Å². The summed E-state index contributed by atoms with van der Waals surface area (Å²) >= 11 is 0. The Balaban J connectivity index is 1.93. The fraction of sp³-hybridized carbons (Fsp3) is 0.562. The SMILES string of the molecule is COC(=O)[C@@]12CCC[C@H]1OC[C@@H](S(=O)(=O)c1ccccc1)C2. The number of sulfone groups is 1. The summed E-state index contributed by atoms with van der Waals surface area (Å²) in [4.78, 5) is 12.6. The first-order valence-corrected chi connectivity index (χ1v) is 9.04. The number of ether oxygens (including phenoxy) is 2. The monoisotopic (exact) mass is 324 g/mol. The van der Waals surface area contributed by atoms with Crippen LogP contribution in [0.3, 0.4) is 0 Å². The topological polar surface area (TPSA) is 69.7 Å². The summed E-state index contributed by atoms with van der Waals surface area (Å²) in [6.07, 6.45) is 2.33. The molecule has 1 saturated carbocycles. The number of benzene rings is 1. The Bertz CT molecular complexity index is 654. The molecular formula is C16H20O5S. The van der Waals surface area contributed by atoms with E-state index < -0.39 is 20.5 Å². The standard InChI is InChI=1S/C16H20O5S/c1-20-15(17)16-9-5-8-14(16)21-11-13(10-16)22(18,19)12-6-3-2-4-7-12/h2-4,6-7,13-14H,5,8-11H2,1H3/t13-,14+,16+/m0/s1. The minimum Gasteiger partial charge on any atom is -0.469 e. The minimum atomic E-state index is -3.51. The Morgan fingerprint density at radius 2 is 2.05 bits per heavy atom. The molecule has 0 bridgehead atoms. The smallest absolute Gasteiger partial charge is 0.314 e. The van der Waals surface area contributed by atoms with Crippen molar-refractivity contribution in [2.24, 2.45) is 5.41 Å². The maximum atomic E-state index is 12.8. The molecule has 0 N–H and O–H groups in total. The summed E-state index contributed by atoms with van der Waals surface area (Å²) in [6, 6.07) is 8.34. The van der Waals surface area contributed by atoms with Gasteiger partial charge in [-0.05, 0) is 37.8 Å². The van der Waals surface area contributed by atoms with E-state index in [9.17, 15) is 13.2 Å². The first-order valence-electron chi connectivity index (χ1n) is 7.50. The number of rotatable bonds is 3. The van der Waals surface area contributed by atoms with E-state index in [1.165, 1.54) is 7.11 Å². The van der Waals surface area contributed by atoms with Crippen LogP contribution < -0.4 is 0 Å². The van der Waals surface area contributed by atoms with Crippen LogP contribution in [0.4, 0.5) is 0 Å². The number of hydrogen-bond acceptors (Lipinski definition) is 5. The molecule has 5 nitrogen and oxygen atoms in total. The lowest BCUT2D eigenvalue weighted by Crippen LogP contribution is -2.50. The molecule has 120 valence electrons. The van der Waals surface area contributed by atoms with Crippen LogP contribution in [0.5, 0.6) is 0 Å². The number of esters is 1. The van der Waals surface area contributed by atoms with Crippen LogP contribution in [0.15, 0.2) is 35.2 Å². The highest BCUT2D eigenvalue weighted by Gasteiger charge is 2.56. The maximum Gasteiger partial charge on any atom is 0.314 e. The molecule has 6 heteroatoms. The molecule has 1 heterocycles. The van der Waals surface area contributed by atoms with Crippen molar-refractivity contribution in [2.45, 2.75) is 41.9 Å². The van der Waals surface area contributed by atoms with Gasteiger partial charge in [-0.15, -0.1) is 0 Å². The van der Waals surface area contributed by atoms with E-state index in [-0.39, 0.29) is 30.0 Å². The average molecular weight is 324 g/mol. The van der Waals surface area contributed by atoms with E-state index in [0.717, 1.165) is 12.8 Å². The fourth-order valence-corrected chi connectivity index (χ4v) is 5.42. The van der Waals surface area contributed by atoms with Gasteiger partial charge in [-0.3, -0.25) is 4.79 Å². The molecule has 1 aromatic rings. The van der Waals surface area contributed by atoms with Crippen LogP contribution in [0.2, 0.25) is 0 Å². The van der Waals surface area contributed by atoms with Gasteiger partial charge in [0.2, 0.25) is 0 Å². The normalized spacial score (nSPS) is 31.5. The predicted octanol–water partition coefficient (Wildman–Crippen LogP) is 1.96. The Morgan fingerprint density at radius 3 is 2.73 bits per heavy atom. The van der Waals surface area contributed by atoms with Gasteiger partial charge in [0.25, 0.3) is 0 Å². The van der Waals surface area contributed by atoms with Crippen LogP contribution in [0.1, 0.15) is 25.7 Å². The Labute approximate surface area is 130 Å². The van der Waals surface area contributed by atoms with Crippen LogP contribution >= 0.6 is 0 Å². The zero-order valence-electron chi connectivity index (χ0n) is 12.5. The van der Waals surface area contributed by atoms with E-state index in [0.29, 0.717) is 6.42 Å². The molecule has 1 aliphatic heterocycles. The average Bonchev–Trinajstić information content (AvgIpc) is 2.99. The Morgan fingerprint density at radius 1 is 1.32 bits per heavy atom. The summed E-state index contributed by atoms with van der Waals surface area (Å²) in [5, 5.41) is -0.705. The molecule has 0 spiro atoms. The van der Waals surface area contributed by atoms with E-state index in [1.807, 2.05) is 0 Å². The van der Waals surface area contributed by atoms with Crippen LogP contribution in [-0.4, -0.2) is 39.5 Å². The van der Waals surface area contributed by atoms with Gasteiger partial charge in [-0.25, -0.2) is 8.42 Å². The number of fused-ring (bicyclic) bond motifs is 1. The van der Waals surface area contributed by atoms with Gasteiger partial charge in [-0.1, -0.05) is 18.2 Å². The molecule has 2 fully saturated rings. The summed E-state index contributed by atoms with van der Waals surface area (Å²) in [6.45, 7) is 0.140. The van der Waals surface area contributed by atoms with E-state index in [4.69, 9.17) is 9.47 Å². The molecule has 22 heavy (non-hydrogen) atoms. The molecular weight excluding hydrogens is 304 g/mol. The van der Waals surface area contributed by atoms with Crippen LogP contribution in [-0.2, 0) is 24.1 Å². The highest BCUT2D eigenvalue weighted by Crippen LogP contribution is 2.49. The lowest BCUT2D eigenvalue weighted by molar-refractivity contribution is -0.167. The second kappa shape index (κ2) is 5.66. The zero-order chi connectivity index (χ0) is 15.8. The van der Waals surface area contributed by atoms with Gasteiger partial charge < -0.3 is 9.47 Å². The number of hydrogen-bond donors (Lipinski definition) is 0. The van der Waals surface area contributed by atoms with Crippen LogP contribution in [0, 0.1) is 5.41 Å². The van der Waals surface area contributed by atoms with Crippen molar-refractivity contribution in [3.05, 3.63) is 30.3 Å². The highest BCUT2D eigenvalue weighted by molar-refractivity contribution is 7.92. The molecule has 0 radical (unpaired) electrons. The van der Waals surface area contributed by atoms with Crippen molar-refractivity contribution >= 4 is 15.8 Å². The van der Waals surface area contributed by atoms with E-state index in [2.05, 4.69) is 0 Å². The van der Waals surface area contributed by atoms with E-state index >= 15 is 0 Å². The number of carbonyl (C=O) groups is 1. The quantitative estimate of drug-likeness (QED) is 0.795. The van der Waals surface area contributed by atoms with E-state index in [1.54, 1.807) is 30.3 Å². The third-order valence-corrected chi connectivity index (χ3v) is 6.99. The van der Waals surface area contributed by atoms with Gasteiger partial charge in [0, 0.05) is 0 Å². The maximum absolute atomic E-state index is 12.8. The second-order valence-electron chi connectivity index (χ2n) is 6.05. The summed E-state index contributed by atoms with van der Waals surface area (Å²) in [7, 11) is -2.16. The van der Waals surface area contributed by atoms with Gasteiger partial charge in [0.1, 0.15) is 0 Å². The lowest BCUT2D eigenvalue weighted by Gasteiger charge is -2.40. The third kappa shape index (κ3) is 2.34. The molecule has 1 aromatic carbocycles. The molecule has 0 amide bonds. The summed E-state index contributed by atoms with van der Waals surface area (Å²) < 4.78 is 36.3. The number of methoxy groups -OCH3 is 1. The lowest BCUT2D eigenvalue weighted by atomic mass is 9.78. The Kier molecular flexibility index (Phi) is 3.99. The highest BCUT2D eigenvalue weighted by atomic mass is 32.2. The third-order valence-electron chi connectivity index (χ3n) is 4.88. The molecule has 1 saturated heterocycles. The second-order valence-corrected chi connectivity index (χ2v) is 8.27. The first kappa shape index (κ1) is 15.5.